The summed E-state index contributed by atoms with van der Waals surface area (Å²) in [5.74, 6) is 0.842. The number of amidine groups is 1. The van der Waals surface area contributed by atoms with Gasteiger partial charge < -0.3 is 10.5 Å². The first-order valence-corrected chi connectivity index (χ1v) is 3.65. The molecular formula is C9H12N2O. The molecule has 1 aromatic rings. The van der Waals surface area contributed by atoms with Crippen molar-refractivity contribution in [3.8, 4) is 5.75 Å². The van der Waals surface area contributed by atoms with Gasteiger partial charge in [-0.05, 0) is 13.0 Å². The average Bonchev–Trinajstić information content (AvgIpc) is 2.04. The van der Waals surface area contributed by atoms with E-state index in [1.165, 1.54) is 0 Å². The number of hydrogen-bond donors (Lipinski definition) is 2. The number of nitrogens with one attached hydrogen (secondary N) is 1. The molecule has 0 saturated heterocycles. The van der Waals surface area contributed by atoms with E-state index in [-0.39, 0.29) is 5.84 Å². The van der Waals surface area contributed by atoms with Gasteiger partial charge in [0.15, 0.2) is 0 Å². The molecule has 0 aliphatic carbocycles. The highest BCUT2D eigenvalue weighted by molar-refractivity contribution is 5.96. The Balaban J connectivity index is 3.23. The molecule has 0 aliphatic rings. The van der Waals surface area contributed by atoms with Gasteiger partial charge in [0.05, 0.1) is 7.11 Å². The lowest BCUT2D eigenvalue weighted by Gasteiger charge is -2.07. The molecule has 0 heterocycles. The second kappa shape index (κ2) is 3.26. The lowest BCUT2D eigenvalue weighted by Crippen LogP contribution is -2.12. The summed E-state index contributed by atoms with van der Waals surface area (Å²) in [7, 11) is 1.60. The van der Waals surface area contributed by atoms with E-state index in [0.717, 1.165) is 16.9 Å². The van der Waals surface area contributed by atoms with Gasteiger partial charge in [-0.3, -0.25) is 5.41 Å². The fraction of sp³-hybridized carbons (Fsp3) is 0.222. The summed E-state index contributed by atoms with van der Waals surface area (Å²) in [4.78, 5) is 0. The highest BCUT2D eigenvalue weighted by Gasteiger charge is 2.04. The summed E-state index contributed by atoms with van der Waals surface area (Å²) >= 11 is 0. The number of methoxy groups -OCH3 is 1. The van der Waals surface area contributed by atoms with Gasteiger partial charge in [0.25, 0.3) is 0 Å². The zero-order chi connectivity index (χ0) is 9.14. The highest BCUT2D eigenvalue weighted by atomic mass is 16.5. The largest absolute Gasteiger partial charge is 0.496 e. The Morgan fingerprint density at radius 3 is 2.67 bits per heavy atom. The molecule has 0 unspecified atom stereocenters. The monoisotopic (exact) mass is 164 g/mol. The van der Waals surface area contributed by atoms with Crippen molar-refractivity contribution in [3.63, 3.8) is 0 Å². The van der Waals surface area contributed by atoms with Gasteiger partial charge in [-0.2, -0.15) is 0 Å². The second-order valence-corrected chi connectivity index (χ2v) is 2.55. The Bertz CT molecular complexity index is 307. The van der Waals surface area contributed by atoms with Gasteiger partial charge >= 0.3 is 0 Å². The van der Waals surface area contributed by atoms with Crippen molar-refractivity contribution in [2.45, 2.75) is 6.92 Å². The molecule has 1 rings (SSSR count). The quantitative estimate of drug-likeness (QED) is 0.511. The standard InChI is InChI=1S/C9H12N2O/c1-6-7(9(10)11)4-3-5-8(6)12-2/h3-5H,1-2H3,(H3,10,11). The maximum atomic E-state index is 7.27. The number of hydrogen-bond acceptors (Lipinski definition) is 2. The summed E-state index contributed by atoms with van der Waals surface area (Å²) < 4.78 is 5.08. The minimum Gasteiger partial charge on any atom is -0.496 e. The van der Waals surface area contributed by atoms with Gasteiger partial charge in [-0.15, -0.1) is 0 Å². The second-order valence-electron chi connectivity index (χ2n) is 2.55. The van der Waals surface area contributed by atoms with Crippen LogP contribution in [0.2, 0.25) is 0 Å². The van der Waals surface area contributed by atoms with E-state index in [4.69, 9.17) is 15.9 Å². The van der Waals surface area contributed by atoms with Crippen LogP contribution in [0, 0.1) is 12.3 Å². The maximum Gasteiger partial charge on any atom is 0.123 e. The van der Waals surface area contributed by atoms with Crippen molar-refractivity contribution in [3.05, 3.63) is 29.3 Å². The van der Waals surface area contributed by atoms with Gasteiger partial charge in [-0.1, -0.05) is 12.1 Å². The molecule has 0 radical (unpaired) electrons. The smallest absolute Gasteiger partial charge is 0.123 e. The van der Waals surface area contributed by atoms with Crippen LogP contribution in [0.15, 0.2) is 18.2 Å². The number of nitrogens with two attached hydrogens (primary N) is 1. The van der Waals surface area contributed by atoms with Crippen LogP contribution in [0.4, 0.5) is 0 Å². The molecule has 1 aromatic carbocycles. The van der Waals surface area contributed by atoms with Crippen LogP contribution in [0.1, 0.15) is 11.1 Å². The Labute approximate surface area is 71.7 Å². The Morgan fingerprint density at radius 1 is 1.50 bits per heavy atom. The van der Waals surface area contributed by atoms with E-state index in [9.17, 15) is 0 Å². The van der Waals surface area contributed by atoms with Crippen LogP contribution in [0.25, 0.3) is 0 Å². The highest BCUT2D eigenvalue weighted by Crippen LogP contribution is 2.19. The van der Waals surface area contributed by atoms with Gasteiger partial charge in [0.2, 0.25) is 0 Å². The van der Waals surface area contributed by atoms with Crippen molar-refractivity contribution in [1.29, 1.82) is 5.41 Å². The van der Waals surface area contributed by atoms with Crippen molar-refractivity contribution < 1.29 is 4.74 Å². The van der Waals surface area contributed by atoms with Crippen molar-refractivity contribution in [1.82, 2.24) is 0 Å². The molecule has 0 spiro atoms. The number of nitrogen functional groups attached to an aromatic ring is 1. The van der Waals surface area contributed by atoms with E-state index in [1.807, 2.05) is 19.1 Å². The minimum absolute atomic E-state index is 0.0754. The van der Waals surface area contributed by atoms with Crippen molar-refractivity contribution in [2.24, 2.45) is 5.73 Å². The van der Waals surface area contributed by atoms with E-state index in [1.54, 1.807) is 13.2 Å². The number of rotatable bonds is 2. The fourth-order valence-electron chi connectivity index (χ4n) is 1.13. The molecule has 3 heteroatoms. The summed E-state index contributed by atoms with van der Waals surface area (Å²) in [6, 6.07) is 5.48. The number of ether oxygens (including phenoxy) is 1. The van der Waals surface area contributed by atoms with Crippen LogP contribution in [0.3, 0.4) is 0 Å². The van der Waals surface area contributed by atoms with Gasteiger partial charge in [0, 0.05) is 11.1 Å². The van der Waals surface area contributed by atoms with Crippen LogP contribution >= 0.6 is 0 Å². The van der Waals surface area contributed by atoms with Crippen LogP contribution in [-0.4, -0.2) is 12.9 Å². The fourth-order valence-corrected chi connectivity index (χ4v) is 1.13. The zero-order valence-electron chi connectivity index (χ0n) is 7.22. The Hall–Kier alpha value is -1.51. The molecule has 0 amide bonds. The molecule has 0 bridgehead atoms. The SMILES string of the molecule is COc1cccc(C(=N)N)c1C. The van der Waals surface area contributed by atoms with E-state index in [2.05, 4.69) is 0 Å². The molecular weight excluding hydrogens is 152 g/mol. The number of benzene rings is 1. The first-order valence-electron chi connectivity index (χ1n) is 3.65. The maximum absolute atomic E-state index is 7.27. The molecule has 0 aromatic heterocycles. The first-order chi connectivity index (χ1) is 5.66. The summed E-state index contributed by atoms with van der Waals surface area (Å²) in [6.45, 7) is 1.88. The molecule has 0 atom stereocenters. The molecule has 3 N–H and O–H groups in total. The molecule has 3 nitrogen and oxygen atoms in total. The third-order valence-electron chi connectivity index (χ3n) is 1.79. The summed E-state index contributed by atoms with van der Waals surface area (Å²) in [5.41, 5.74) is 7.01. The predicted octanol–water partition coefficient (Wildman–Crippen LogP) is 1.29. The third-order valence-corrected chi connectivity index (χ3v) is 1.79. The lowest BCUT2D eigenvalue weighted by molar-refractivity contribution is 0.411. The average molecular weight is 164 g/mol. The predicted molar refractivity (Wildman–Crippen MR) is 48.7 cm³/mol. The Morgan fingerprint density at radius 2 is 2.17 bits per heavy atom. The van der Waals surface area contributed by atoms with Gasteiger partial charge in [0.1, 0.15) is 11.6 Å². The van der Waals surface area contributed by atoms with Gasteiger partial charge in [-0.25, -0.2) is 0 Å². The van der Waals surface area contributed by atoms with E-state index in [0.29, 0.717) is 0 Å². The molecule has 0 saturated carbocycles. The first kappa shape index (κ1) is 8.59. The van der Waals surface area contributed by atoms with Crippen LogP contribution < -0.4 is 10.5 Å². The molecule has 64 valence electrons. The minimum atomic E-state index is 0.0754. The van der Waals surface area contributed by atoms with Crippen LogP contribution in [-0.2, 0) is 0 Å². The van der Waals surface area contributed by atoms with Crippen LogP contribution in [0.5, 0.6) is 5.75 Å². The topological polar surface area (TPSA) is 59.1 Å². The molecule has 0 aliphatic heterocycles. The van der Waals surface area contributed by atoms with E-state index >= 15 is 0 Å². The van der Waals surface area contributed by atoms with E-state index < -0.39 is 0 Å². The third kappa shape index (κ3) is 1.39. The normalized spacial score (nSPS) is 9.50. The van der Waals surface area contributed by atoms with Crippen molar-refractivity contribution in [2.75, 3.05) is 7.11 Å². The molecule has 12 heavy (non-hydrogen) atoms. The zero-order valence-corrected chi connectivity index (χ0v) is 7.22. The Kier molecular flexibility index (Phi) is 2.33. The molecule has 0 fully saturated rings. The lowest BCUT2D eigenvalue weighted by atomic mass is 10.1. The summed E-state index contributed by atoms with van der Waals surface area (Å²) in [5, 5.41) is 7.27. The summed E-state index contributed by atoms with van der Waals surface area (Å²) in [6.07, 6.45) is 0. The van der Waals surface area contributed by atoms with Crippen molar-refractivity contribution >= 4 is 5.84 Å².